The maximum absolute atomic E-state index is 13.5. The third-order valence-electron chi connectivity index (χ3n) is 7.58. The van der Waals surface area contributed by atoms with E-state index in [2.05, 4.69) is 23.1 Å². The largest absolute Gasteiger partial charge is 0.465 e. The fourth-order valence-corrected chi connectivity index (χ4v) is 5.45. The van der Waals surface area contributed by atoms with Gasteiger partial charge in [-0.05, 0) is 85.7 Å². The van der Waals surface area contributed by atoms with Crippen molar-refractivity contribution in [3.8, 4) is 0 Å². The highest BCUT2D eigenvalue weighted by molar-refractivity contribution is 5.89. The molecule has 1 fully saturated rings. The average Bonchev–Trinajstić information content (AvgIpc) is 3.71. The molecular weight excluding hydrogens is 507 g/mol. The number of rotatable bonds is 7. The van der Waals surface area contributed by atoms with E-state index in [4.69, 9.17) is 9.47 Å². The van der Waals surface area contributed by atoms with Gasteiger partial charge in [0.25, 0.3) is 0 Å². The van der Waals surface area contributed by atoms with Crippen LogP contribution in [0.3, 0.4) is 0 Å². The summed E-state index contributed by atoms with van der Waals surface area (Å²) in [7, 11) is 1.39. The quantitative estimate of drug-likeness (QED) is 0.320. The van der Waals surface area contributed by atoms with E-state index in [1.165, 1.54) is 30.4 Å². The molecule has 0 radical (unpaired) electrons. The first kappa shape index (κ1) is 27.8. The second-order valence-corrected chi connectivity index (χ2v) is 11.8. The van der Waals surface area contributed by atoms with Gasteiger partial charge in [-0.3, -0.25) is 4.90 Å². The van der Waals surface area contributed by atoms with Crippen LogP contribution in [0.5, 0.6) is 0 Å². The molecule has 40 heavy (non-hydrogen) atoms. The van der Waals surface area contributed by atoms with Crippen molar-refractivity contribution in [3.63, 3.8) is 0 Å². The second-order valence-electron chi connectivity index (χ2n) is 11.8. The molecule has 5 rings (SSSR count). The van der Waals surface area contributed by atoms with Crippen LogP contribution < -0.4 is 0 Å². The van der Waals surface area contributed by atoms with Crippen molar-refractivity contribution in [1.29, 1.82) is 0 Å². The number of esters is 1. The Labute approximate surface area is 235 Å². The zero-order valence-corrected chi connectivity index (χ0v) is 23.7. The van der Waals surface area contributed by atoms with Crippen molar-refractivity contribution in [1.82, 2.24) is 9.80 Å². The van der Waals surface area contributed by atoms with Crippen LogP contribution in [0.2, 0.25) is 0 Å². The molecule has 2 aliphatic rings. The lowest BCUT2D eigenvalue weighted by molar-refractivity contribution is 0.0212. The van der Waals surface area contributed by atoms with Gasteiger partial charge >= 0.3 is 12.1 Å². The Hall–Kier alpha value is -3.71. The summed E-state index contributed by atoms with van der Waals surface area (Å²) in [5.41, 5.74) is 5.81. The van der Waals surface area contributed by atoms with Crippen LogP contribution in [0.1, 0.15) is 71.3 Å². The molecule has 0 aromatic heterocycles. The maximum Gasteiger partial charge on any atom is 0.410 e. The molecule has 6 nitrogen and oxygen atoms in total. The predicted octanol–water partition coefficient (Wildman–Crippen LogP) is 6.46. The number of carbonyl (C=O) groups is 2. The summed E-state index contributed by atoms with van der Waals surface area (Å²) < 4.78 is 24.1. The summed E-state index contributed by atoms with van der Waals surface area (Å²) in [6.45, 7) is 8.65. The Kier molecular flexibility index (Phi) is 7.95. The van der Waals surface area contributed by atoms with Crippen molar-refractivity contribution >= 4 is 12.1 Å². The molecule has 2 atom stereocenters. The van der Waals surface area contributed by atoms with Gasteiger partial charge in [-0.1, -0.05) is 42.5 Å². The van der Waals surface area contributed by atoms with E-state index in [1.807, 2.05) is 49.9 Å². The molecule has 3 aromatic carbocycles. The molecule has 0 bridgehead atoms. The van der Waals surface area contributed by atoms with Gasteiger partial charge in [0.05, 0.1) is 12.7 Å². The van der Waals surface area contributed by atoms with Gasteiger partial charge in [0.2, 0.25) is 0 Å². The van der Waals surface area contributed by atoms with E-state index in [9.17, 15) is 14.0 Å². The van der Waals surface area contributed by atoms with Gasteiger partial charge in [-0.15, -0.1) is 0 Å². The average molecular weight is 545 g/mol. The summed E-state index contributed by atoms with van der Waals surface area (Å²) in [6.07, 6.45) is 1.47. The van der Waals surface area contributed by atoms with E-state index < -0.39 is 5.60 Å². The molecule has 1 aliphatic carbocycles. The normalized spacial score (nSPS) is 18.5. The topological polar surface area (TPSA) is 59.1 Å². The molecule has 2 unspecified atom stereocenters. The van der Waals surface area contributed by atoms with Crippen molar-refractivity contribution in [2.24, 2.45) is 0 Å². The van der Waals surface area contributed by atoms with Crippen LogP contribution in [0, 0.1) is 5.82 Å². The number of halogens is 1. The smallest absolute Gasteiger partial charge is 0.410 e. The molecule has 1 amide bonds. The van der Waals surface area contributed by atoms with Crippen LogP contribution in [0.15, 0.2) is 66.7 Å². The zero-order valence-electron chi connectivity index (χ0n) is 23.7. The summed E-state index contributed by atoms with van der Waals surface area (Å²) in [5.74, 6) is -0.417. The molecule has 210 valence electrons. The minimum absolute atomic E-state index is 0.0146. The summed E-state index contributed by atoms with van der Waals surface area (Å²) in [4.78, 5) is 29.3. The van der Waals surface area contributed by atoms with E-state index in [0.29, 0.717) is 12.1 Å². The summed E-state index contributed by atoms with van der Waals surface area (Å²) in [6, 6.07) is 20.7. The molecule has 7 heteroatoms. The molecule has 0 saturated heterocycles. The minimum atomic E-state index is -0.596. The number of hydrogen-bond acceptors (Lipinski definition) is 5. The highest BCUT2D eigenvalue weighted by Crippen LogP contribution is 2.45. The van der Waals surface area contributed by atoms with E-state index in [1.54, 1.807) is 12.1 Å². The van der Waals surface area contributed by atoms with Crippen molar-refractivity contribution in [2.75, 3.05) is 13.7 Å². The zero-order chi connectivity index (χ0) is 28.4. The molecule has 1 aliphatic heterocycles. The number of nitrogens with zero attached hydrogens (tertiary/aromatic N) is 2. The first-order chi connectivity index (χ1) is 19.1. The van der Waals surface area contributed by atoms with Gasteiger partial charge in [0.15, 0.2) is 0 Å². The number of fused-ring (bicyclic) bond motifs is 1. The Balaban J connectivity index is 1.29. The van der Waals surface area contributed by atoms with Gasteiger partial charge < -0.3 is 14.4 Å². The Morgan fingerprint density at radius 1 is 0.975 bits per heavy atom. The second kappa shape index (κ2) is 11.4. The highest BCUT2D eigenvalue weighted by Gasteiger charge is 2.46. The van der Waals surface area contributed by atoms with Gasteiger partial charge in [0, 0.05) is 38.1 Å². The monoisotopic (exact) mass is 544 g/mol. The van der Waals surface area contributed by atoms with E-state index >= 15 is 0 Å². The molecule has 0 N–H and O–H groups in total. The predicted molar refractivity (Wildman–Crippen MR) is 151 cm³/mol. The van der Waals surface area contributed by atoms with E-state index in [-0.39, 0.29) is 29.8 Å². The van der Waals surface area contributed by atoms with Crippen LogP contribution in [-0.4, -0.2) is 47.2 Å². The minimum Gasteiger partial charge on any atom is -0.465 e. The van der Waals surface area contributed by atoms with Crippen molar-refractivity contribution < 1.29 is 23.5 Å². The fourth-order valence-electron chi connectivity index (χ4n) is 5.45. The summed E-state index contributed by atoms with van der Waals surface area (Å²) >= 11 is 0. The van der Waals surface area contributed by atoms with Crippen molar-refractivity contribution in [2.45, 2.75) is 70.8 Å². The van der Waals surface area contributed by atoms with Crippen LogP contribution in [-0.2, 0) is 35.5 Å². The van der Waals surface area contributed by atoms with E-state index in [0.717, 1.165) is 49.2 Å². The van der Waals surface area contributed by atoms with Crippen molar-refractivity contribution in [3.05, 3.63) is 106 Å². The lowest BCUT2D eigenvalue weighted by atomic mass is 9.96. The van der Waals surface area contributed by atoms with Crippen LogP contribution in [0.25, 0.3) is 0 Å². The molecule has 0 spiro atoms. The third kappa shape index (κ3) is 6.70. The number of ether oxygens (including phenoxy) is 2. The molecule has 3 aromatic rings. The lowest BCUT2D eigenvalue weighted by Crippen LogP contribution is -2.38. The number of carbonyl (C=O) groups excluding carboxylic acids is 2. The fraction of sp³-hybridized carbons (Fsp3) is 0.394. The van der Waals surface area contributed by atoms with Gasteiger partial charge in [-0.2, -0.15) is 0 Å². The van der Waals surface area contributed by atoms with Gasteiger partial charge in [0.1, 0.15) is 11.4 Å². The standard InChI is InChI=1S/C33H37FN2O4/c1-33(2,3)40-32(38)36(30-18-29(30)25-11-13-28(34)14-12-25)20-23-7-8-24-15-16-35(21-27(24)17-23)19-22-5-9-26(10-6-22)31(37)39-4/h5-14,17,29-30H,15-16,18-21H2,1-4H3. The Morgan fingerprint density at radius 3 is 2.35 bits per heavy atom. The lowest BCUT2D eigenvalue weighted by Gasteiger charge is -2.30. The maximum atomic E-state index is 13.5. The number of hydrogen-bond donors (Lipinski definition) is 0. The summed E-state index contributed by atoms with van der Waals surface area (Å²) in [5, 5.41) is 0. The molecule has 1 heterocycles. The molecular formula is C33H37FN2O4. The molecule has 1 saturated carbocycles. The van der Waals surface area contributed by atoms with Crippen LogP contribution >= 0.6 is 0 Å². The first-order valence-electron chi connectivity index (χ1n) is 13.8. The highest BCUT2D eigenvalue weighted by atomic mass is 19.1. The Morgan fingerprint density at radius 2 is 1.68 bits per heavy atom. The number of methoxy groups -OCH3 is 1. The third-order valence-corrected chi connectivity index (χ3v) is 7.58. The van der Waals surface area contributed by atoms with Gasteiger partial charge in [-0.25, -0.2) is 14.0 Å². The first-order valence-corrected chi connectivity index (χ1v) is 13.8. The Bertz CT molecular complexity index is 1360. The number of amides is 1. The number of benzene rings is 3. The van der Waals surface area contributed by atoms with Crippen LogP contribution in [0.4, 0.5) is 9.18 Å². The SMILES string of the molecule is COC(=O)c1ccc(CN2CCc3ccc(CN(C(=O)OC(C)(C)C)C4CC4c4ccc(F)cc4)cc3C2)cc1.